The summed E-state index contributed by atoms with van der Waals surface area (Å²) >= 11 is 2.13. The van der Waals surface area contributed by atoms with Gasteiger partial charge in [0.1, 0.15) is 0 Å². The predicted octanol–water partition coefficient (Wildman–Crippen LogP) is 1.55. The zero-order valence-electron chi connectivity index (χ0n) is 8.03. The van der Waals surface area contributed by atoms with E-state index in [1.807, 2.05) is 0 Å². The normalized spacial score (nSPS) is 11.9. The molecule has 4 nitrogen and oxygen atoms in total. The molecule has 0 heterocycles. The summed E-state index contributed by atoms with van der Waals surface area (Å²) in [6.45, 7) is 1.29. The predicted molar refractivity (Wildman–Crippen MR) is 63.4 cm³/mol. The third-order valence-electron chi connectivity index (χ3n) is 1.80. The first-order valence-corrected chi connectivity index (χ1v) is 5.34. The minimum Gasteiger partial charge on any atom is -0.479 e. The monoisotopic (exact) mass is 319 g/mol. The van der Waals surface area contributed by atoms with Crippen molar-refractivity contribution in [2.75, 3.05) is 0 Å². The molecular weight excluding hydrogens is 309 g/mol. The topological polar surface area (TPSA) is 66.4 Å². The van der Waals surface area contributed by atoms with Crippen molar-refractivity contribution in [3.8, 4) is 0 Å². The van der Waals surface area contributed by atoms with Crippen LogP contribution in [0, 0.1) is 3.57 Å². The minimum atomic E-state index is -1.06. The highest BCUT2D eigenvalue weighted by molar-refractivity contribution is 14.1. The maximum atomic E-state index is 10.9. The molecule has 0 saturated carbocycles. The maximum absolute atomic E-state index is 10.9. The molecule has 1 rings (SSSR count). The highest BCUT2D eigenvalue weighted by atomic mass is 127. The molecular formula is C10H10INO3. The molecule has 0 saturated heterocycles. The van der Waals surface area contributed by atoms with Crippen LogP contribution in [0.25, 0.3) is 0 Å². The minimum absolute atomic E-state index is 0.360. The number of benzene rings is 1. The second-order valence-electron chi connectivity index (χ2n) is 3.02. The Morgan fingerprint density at radius 3 is 2.27 bits per heavy atom. The van der Waals surface area contributed by atoms with Gasteiger partial charge in [-0.3, -0.25) is 4.79 Å². The SMILES string of the molecule is CC(=O)NC(C(=O)O)c1ccc(I)cc1. The van der Waals surface area contributed by atoms with Gasteiger partial charge in [-0.1, -0.05) is 12.1 Å². The van der Waals surface area contributed by atoms with E-state index in [2.05, 4.69) is 27.9 Å². The highest BCUT2D eigenvalue weighted by Crippen LogP contribution is 2.15. The van der Waals surface area contributed by atoms with E-state index < -0.39 is 12.0 Å². The first-order chi connectivity index (χ1) is 7.00. The summed E-state index contributed by atoms with van der Waals surface area (Å²) in [5.74, 6) is -1.42. The fourth-order valence-electron chi connectivity index (χ4n) is 1.15. The maximum Gasteiger partial charge on any atom is 0.330 e. The van der Waals surface area contributed by atoms with Gasteiger partial charge in [0.2, 0.25) is 5.91 Å². The molecule has 1 amide bonds. The first-order valence-electron chi connectivity index (χ1n) is 4.26. The fourth-order valence-corrected chi connectivity index (χ4v) is 1.51. The smallest absolute Gasteiger partial charge is 0.330 e. The lowest BCUT2D eigenvalue weighted by Crippen LogP contribution is -2.31. The van der Waals surface area contributed by atoms with Gasteiger partial charge in [0, 0.05) is 10.5 Å². The van der Waals surface area contributed by atoms with Crippen molar-refractivity contribution in [1.82, 2.24) is 5.32 Å². The van der Waals surface area contributed by atoms with E-state index in [4.69, 9.17) is 5.11 Å². The van der Waals surface area contributed by atoms with Crippen LogP contribution in [0.4, 0.5) is 0 Å². The lowest BCUT2D eigenvalue weighted by molar-refractivity contribution is -0.141. The highest BCUT2D eigenvalue weighted by Gasteiger charge is 2.20. The molecule has 15 heavy (non-hydrogen) atoms. The number of hydrogen-bond donors (Lipinski definition) is 2. The number of carbonyl (C=O) groups excluding carboxylic acids is 1. The van der Waals surface area contributed by atoms with Crippen molar-refractivity contribution < 1.29 is 14.7 Å². The average molecular weight is 319 g/mol. The van der Waals surface area contributed by atoms with Crippen molar-refractivity contribution in [3.63, 3.8) is 0 Å². The van der Waals surface area contributed by atoms with Crippen LogP contribution in [-0.2, 0) is 9.59 Å². The van der Waals surface area contributed by atoms with E-state index in [0.29, 0.717) is 5.56 Å². The molecule has 0 spiro atoms. The Kier molecular flexibility index (Phi) is 4.07. The van der Waals surface area contributed by atoms with Crippen LogP contribution in [0.1, 0.15) is 18.5 Å². The number of carboxylic acids is 1. The van der Waals surface area contributed by atoms with Crippen molar-refractivity contribution in [2.24, 2.45) is 0 Å². The zero-order valence-corrected chi connectivity index (χ0v) is 10.2. The van der Waals surface area contributed by atoms with Gasteiger partial charge in [0.15, 0.2) is 6.04 Å². The standard InChI is InChI=1S/C10H10INO3/c1-6(13)12-9(10(14)15)7-2-4-8(11)5-3-7/h2-5,9H,1H3,(H,12,13)(H,14,15). The van der Waals surface area contributed by atoms with Crippen LogP contribution in [0.2, 0.25) is 0 Å². The number of halogens is 1. The van der Waals surface area contributed by atoms with Gasteiger partial charge in [-0.05, 0) is 40.3 Å². The van der Waals surface area contributed by atoms with E-state index >= 15 is 0 Å². The van der Waals surface area contributed by atoms with Gasteiger partial charge < -0.3 is 10.4 Å². The van der Waals surface area contributed by atoms with Crippen LogP contribution in [-0.4, -0.2) is 17.0 Å². The summed E-state index contributed by atoms with van der Waals surface area (Å²) in [5, 5.41) is 11.3. The number of aliphatic carboxylic acids is 1. The summed E-state index contributed by atoms with van der Waals surface area (Å²) in [5.41, 5.74) is 0.568. The molecule has 0 fully saturated rings. The lowest BCUT2D eigenvalue weighted by atomic mass is 10.1. The van der Waals surface area contributed by atoms with E-state index in [9.17, 15) is 9.59 Å². The first kappa shape index (κ1) is 12.0. The van der Waals surface area contributed by atoms with Crippen molar-refractivity contribution in [2.45, 2.75) is 13.0 Å². The molecule has 1 atom stereocenters. The molecule has 1 aromatic carbocycles. The molecule has 0 radical (unpaired) electrons. The average Bonchev–Trinajstić information content (AvgIpc) is 2.15. The van der Waals surface area contributed by atoms with E-state index in [0.717, 1.165) is 3.57 Å². The van der Waals surface area contributed by atoms with Gasteiger partial charge >= 0.3 is 5.97 Å². The molecule has 0 aliphatic heterocycles. The molecule has 0 aliphatic carbocycles. The van der Waals surface area contributed by atoms with Crippen molar-refractivity contribution >= 4 is 34.5 Å². The molecule has 0 bridgehead atoms. The van der Waals surface area contributed by atoms with E-state index in [1.165, 1.54) is 6.92 Å². The van der Waals surface area contributed by atoms with Gasteiger partial charge in [-0.2, -0.15) is 0 Å². The number of rotatable bonds is 3. The molecule has 2 N–H and O–H groups in total. The third-order valence-corrected chi connectivity index (χ3v) is 2.52. The summed E-state index contributed by atoms with van der Waals surface area (Å²) in [7, 11) is 0. The fraction of sp³-hybridized carbons (Fsp3) is 0.200. The molecule has 0 aliphatic rings. The summed E-state index contributed by atoms with van der Waals surface area (Å²) in [4.78, 5) is 21.7. The Hall–Kier alpha value is -1.11. The molecule has 0 aromatic heterocycles. The second-order valence-corrected chi connectivity index (χ2v) is 4.27. The third kappa shape index (κ3) is 3.50. The number of amides is 1. The Morgan fingerprint density at radius 2 is 1.87 bits per heavy atom. The summed E-state index contributed by atoms with van der Waals surface area (Å²) in [6.07, 6.45) is 0. The number of carbonyl (C=O) groups is 2. The van der Waals surface area contributed by atoms with Crippen LogP contribution in [0.3, 0.4) is 0 Å². The van der Waals surface area contributed by atoms with Crippen LogP contribution in [0.15, 0.2) is 24.3 Å². The molecule has 1 aromatic rings. The summed E-state index contributed by atoms with van der Waals surface area (Å²) in [6, 6.07) is 6.01. The van der Waals surface area contributed by atoms with Crippen LogP contribution < -0.4 is 5.32 Å². The van der Waals surface area contributed by atoms with E-state index in [-0.39, 0.29) is 5.91 Å². The number of hydrogen-bond acceptors (Lipinski definition) is 2. The summed E-state index contributed by atoms with van der Waals surface area (Å²) < 4.78 is 1.02. The molecule has 1 unspecified atom stereocenters. The van der Waals surface area contributed by atoms with Gasteiger partial charge in [-0.25, -0.2) is 4.79 Å². The second kappa shape index (κ2) is 5.11. The number of nitrogens with one attached hydrogen (secondary N) is 1. The largest absolute Gasteiger partial charge is 0.479 e. The zero-order chi connectivity index (χ0) is 11.4. The quantitative estimate of drug-likeness (QED) is 0.831. The molecule has 80 valence electrons. The molecule has 5 heteroatoms. The van der Waals surface area contributed by atoms with Crippen molar-refractivity contribution in [3.05, 3.63) is 33.4 Å². The number of carboxylic acid groups (broad SMARTS) is 1. The van der Waals surface area contributed by atoms with Gasteiger partial charge in [0.25, 0.3) is 0 Å². The Balaban J connectivity index is 2.94. The lowest BCUT2D eigenvalue weighted by Gasteiger charge is -2.13. The van der Waals surface area contributed by atoms with Gasteiger partial charge in [0.05, 0.1) is 0 Å². The Bertz CT molecular complexity index is 375. The van der Waals surface area contributed by atoms with Crippen LogP contribution in [0.5, 0.6) is 0 Å². The van der Waals surface area contributed by atoms with Crippen molar-refractivity contribution in [1.29, 1.82) is 0 Å². The van der Waals surface area contributed by atoms with E-state index in [1.54, 1.807) is 24.3 Å². The Labute approximate surface area is 101 Å². The van der Waals surface area contributed by atoms with Crippen LogP contribution >= 0.6 is 22.6 Å². The Morgan fingerprint density at radius 1 is 1.33 bits per heavy atom. The van der Waals surface area contributed by atoms with Gasteiger partial charge in [-0.15, -0.1) is 0 Å².